The molecule has 0 radical (unpaired) electrons. The molecule has 0 bridgehead atoms. The van der Waals surface area contributed by atoms with Crippen LogP contribution in [0.1, 0.15) is 21.5 Å². The number of rotatable bonds is 8. The Labute approximate surface area is 206 Å². The molecule has 0 heterocycles. The number of hydrogen-bond acceptors (Lipinski definition) is 4. The number of ketones is 1. The summed E-state index contributed by atoms with van der Waals surface area (Å²) in [5, 5.41) is 6.38. The molecule has 0 unspecified atom stereocenters. The number of nitrogens with one attached hydrogen (secondary N) is 2. The van der Waals surface area contributed by atoms with Crippen molar-refractivity contribution in [3.8, 4) is 0 Å². The fourth-order valence-corrected chi connectivity index (χ4v) is 3.58. The molecule has 0 aliphatic heterocycles. The number of carbonyl (C=O) groups is 3. The van der Waals surface area contributed by atoms with E-state index < -0.39 is 6.04 Å². The van der Waals surface area contributed by atoms with Gasteiger partial charge in [-0.15, -0.1) is 0 Å². The molecule has 0 spiro atoms. The molecule has 0 aliphatic rings. The van der Waals surface area contributed by atoms with Crippen LogP contribution in [0.4, 0.5) is 11.4 Å². The van der Waals surface area contributed by atoms with E-state index in [-0.39, 0.29) is 35.3 Å². The molecule has 5 N–H and O–H groups in total. The molecule has 0 aromatic heterocycles. The largest absolute Gasteiger partial charge is 0.347 e. The van der Waals surface area contributed by atoms with E-state index in [2.05, 4.69) is 29.0 Å². The number of carbonyl (C=O) groups excluding carboxylic acids is 3. The monoisotopic (exact) mass is 502 g/mol. The van der Waals surface area contributed by atoms with Gasteiger partial charge in [0.25, 0.3) is 5.91 Å². The molecule has 6 nitrogen and oxygen atoms in total. The van der Waals surface area contributed by atoms with Crippen molar-refractivity contribution in [1.82, 2.24) is 0 Å². The maximum Gasteiger partial charge on any atom is 0.283 e. The van der Waals surface area contributed by atoms with Gasteiger partial charge in [-0.05, 0) is 42.0 Å². The molecule has 0 saturated heterocycles. The van der Waals surface area contributed by atoms with Gasteiger partial charge < -0.3 is 16.4 Å². The van der Waals surface area contributed by atoms with E-state index in [4.69, 9.17) is 23.2 Å². The topological polar surface area (TPSA) is 103 Å². The quantitative estimate of drug-likeness (QED) is 0.277. The van der Waals surface area contributed by atoms with Crippen LogP contribution < -0.4 is 16.4 Å². The molecule has 1 atom stereocenters. The first-order valence-corrected chi connectivity index (χ1v) is 11.4. The lowest BCUT2D eigenvalue weighted by Crippen LogP contribution is -2.67. The molecule has 3 aromatic carbocycles. The maximum absolute atomic E-state index is 13.2. The first kappa shape index (κ1) is 24.8. The second-order valence-electron chi connectivity index (χ2n) is 7.28. The summed E-state index contributed by atoms with van der Waals surface area (Å²) in [5.41, 5.74) is 5.69. The van der Waals surface area contributed by atoms with Gasteiger partial charge in [-0.1, -0.05) is 53.5 Å². The van der Waals surface area contributed by atoms with Gasteiger partial charge in [0.15, 0.2) is 11.8 Å². The van der Waals surface area contributed by atoms with Crippen LogP contribution in [0.15, 0.2) is 66.7 Å². The Hall–Kier alpha value is -2.84. The number of anilines is 2. The van der Waals surface area contributed by atoms with Crippen LogP contribution in [0.25, 0.3) is 0 Å². The average molecular weight is 503 g/mol. The second-order valence-corrected chi connectivity index (χ2v) is 8.49. The molecular formula is C24H22Cl2N3O3S+. The third-order valence-corrected chi connectivity index (χ3v) is 5.84. The first-order chi connectivity index (χ1) is 15.8. The Kier molecular flexibility index (Phi) is 8.52. The van der Waals surface area contributed by atoms with E-state index in [9.17, 15) is 14.4 Å². The van der Waals surface area contributed by atoms with Crippen LogP contribution >= 0.6 is 35.8 Å². The standard InChI is InChI=1S/C24H21Cl2N3O3S/c25-16-6-8-19(26)15(10-16)11-22(30)29-21-9-7-17(28-24(32)20(27)13-33)12-18(21)23(31)14-4-2-1-3-5-14/h1-10,12,20,33H,11,13,27H2,(H,28,32)(H,29,30)/p+1/t20-/m0/s1. The predicted octanol–water partition coefficient (Wildman–Crippen LogP) is 3.88. The highest BCUT2D eigenvalue weighted by Crippen LogP contribution is 2.26. The zero-order chi connectivity index (χ0) is 24.0. The lowest BCUT2D eigenvalue weighted by molar-refractivity contribution is -0.395. The number of benzene rings is 3. The molecule has 3 aromatic rings. The van der Waals surface area contributed by atoms with Gasteiger partial charge in [0.2, 0.25) is 5.91 Å². The molecule has 3 rings (SSSR count). The van der Waals surface area contributed by atoms with Gasteiger partial charge in [0.1, 0.15) is 0 Å². The summed E-state index contributed by atoms with van der Waals surface area (Å²) in [4.78, 5) is 38.2. The fraction of sp³-hybridized carbons (Fsp3) is 0.125. The van der Waals surface area contributed by atoms with Crippen LogP contribution in [-0.2, 0) is 16.0 Å². The Morgan fingerprint density at radius 3 is 2.36 bits per heavy atom. The van der Waals surface area contributed by atoms with Gasteiger partial charge in [-0.3, -0.25) is 14.4 Å². The van der Waals surface area contributed by atoms with Crippen LogP contribution in [0.2, 0.25) is 10.0 Å². The summed E-state index contributed by atoms with van der Waals surface area (Å²) in [7, 11) is 0. The van der Waals surface area contributed by atoms with Gasteiger partial charge in [0.05, 0.1) is 17.9 Å². The van der Waals surface area contributed by atoms with Gasteiger partial charge >= 0.3 is 0 Å². The Balaban J connectivity index is 1.90. The Morgan fingerprint density at radius 2 is 1.67 bits per heavy atom. The minimum Gasteiger partial charge on any atom is -0.347 e. The minimum absolute atomic E-state index is 0.0258. The molecule has 0 aliphatic carbocycles. The van der Waals surface area contributed by atoms with E-state index in [1.54, 1.807) is 60.7 Å². The van der Waals surface area contributed by atoms with E-state index in [0.29, 0.717) is 32.5 Å². The van der Waals surface area contributed by atoms with Gasteiger partial charge in [-0.2, -0.15) is 12.6 Å². The molecular weight excluding hydrogens is 481 g/mol. The van der Waals surface area contributed by atoms with E-state index >= 15 is 0 Å². The molecule has 0 saturated carbocycles. The number of hydrogen-bond donors (Lipinski definition) is 4. The zero-order valence-corrected chi connectivity index (χ0v) is 19.9. The summed E-state index contributed by atoms with van der Waals surface area (Å²) in [6, 6.07) is 17.7. The van der Waals surface area contributed by atoms with Crippen molar-refractivity contribution >= 4 is 64.8 Å². The highest BCUT2D eigenvalue weighted by atomic mass is 35.5. The van der Waals surface area contributed by atoms with Crippen molar-refractivity contribution in [3.05, 3.63) is 93.5 Å². The molecule has 0 fully saturated rings. The number of thiol groups is 1. The van der Waals surface area contributed by atoms with Crippen LogP contribution in [0.3, 0.4) is 0 Å². The fourth-order valence-electron chi connectivity index (χ4n) is 3.04. The van der Waals surface area contributed by atoms with E-state index in [1.807, 2.05) is 0 Å². The third-order valence-electron chi connectivity index (χ3n) is 4.79. The molecule has 2 amide bonds. The van der Waals surface area contributed by atoms with Crippen molar-refractivity contribution in [2.24, 2.45) is 0 Å². The van der Waals surface area contributed by atoms with E-state index in [0.717, 1.165) is 0 Å². The third kappa shape index (κ3) is 6.58. The maximum atomic E-state index is 13.2. The van der Waals surface area contributed by atoms with E-state index in [1.165, 1.54) is 6.07 Å². The van der Waals surface area contributed by atoms with Crippen molar-refractivity contribution in [1.29, 1.82) is 0 Å². The van der Waals surface area contributed by atoms with Crippen molar-refractivity contribution in [2.45, 2.75) is 12.5 Å². The highest BCUT2D eigenvalue weighted by molar-refractivity contribution is 7.80. The van der Waals surface area contributed by atoms with Crippen LogP contribution in [0, 0.1) is 0 Å². The Bertz CT molecular complexity index is 1190. The number of amides is 2. The van der Waals surface area contributed by atoms with Crippen LogP contribution in [0.5, 0.6) is 0 Å². The van der Waals surface area contributed by atoms with Crippen LogP contribution in [-0.4, -0.2) is 29.4 Å². The average Bonchev–Trinajstić information content (AvgIpc) is 2.81. The SMILES string of the molecule is [NH3+][C@@H](CS)C(=O)Nc1ccc(NC(=O)Cc2cc(Cl)ccc2Cl)c(C(=O)c2ccccc2)c1. The normalized spacial score (nSPS) is 11.5. The summed E-state index contributed by atoms with van der Waals surface area (Å²) in [5.74, 6) is -0.716. The van der Waals surface area contributed by atoms with Gasteiger partial charge in [0, 0.05) is 26.9 Å². The molecule has 9 heteroatoms. The number of halogens is 2. The van der Waals surface area contributed by atoms with Crippen molar-refractivity contribution < 1.29 is 20.1 Å². The highest BCUT2D eigenvalue weighted by Gasteiger charge is 2.20. The summed E-state index contributed by atoms with van der Waals surface area (Å²) >= 11 is 16.3. The zero-order valence-electron chi connectivity index (χ0n) is 17.5. The first-order valence-electron chi connectivity index (χ1n) is 10.0. The lowest BCUT2D eigenvalue weighted by atomic mass is 10.0. The number of quaternary nitrogens is 1. The predicted molar refractivity (Wildman–Crippen MR) is 134 cm³/mol. The van der Waals surface area contributed by atoms with Crippen molar-refractivity contribution in [2.75, 3.05) is 16.4 Å². The summed E-state index contributed by atoms with van der Waals surface area (Å²) in [6.07, 6.45) is -0.0258. The second kappa shape index (κ2) is 11.3. The Morgan fingerprint density at radius 1 is 0.939 bits per heavy atom. The molecule has 33 heavy (non-hydrogen) atoms. The molecule has 170 valence electrons. The van der Waals surface area contributed by atoms with Gasteiger partial charge in [-0.25, -0.2) is 0 Å². The summed E-state index contributed by atoms with van der Waals surface area (Å²) < 4.78 is 0. The van der Waals surface area contributed by atoms with Crippen molar-refractivity contribution in [3.63, 3.8) is 0 Å². The lowest BCUT2D eigenvalue weighted by Gasteiger charge is -2.14. The smallest absolute Gasteiger partial charge is 0.283 e. The minimum atomic E-state index is -0.552. The summed E-state index contributed by atoms with van der Waals surface area (Å²) in [6.45, 7) is 0.